The van der Waals surface area contributed by atoms with Gasteiger partial charge < -0.3 is 10.2 Å². The first kappa shape index (κ1) is 12.7. The van der Waals surface area contributed by atoms with Crippen molar-refractivity contribution in [2.75, 3.05) is 26.7 Å². The summed E-state index contributed by atoms with van der Waals surface area (Å²) in [6.45, 7) is 9.72. The maximum Gasteiger partial charge on any atom is 0.169 e. The van der Waals surface area contributed by atoms with Crippen LogP contribution in [0.3, 0.4) is 0 Å². The number of nitrogens with one attached hydrogen (secondary N) is 1. The van der Waals surface area contributed by atoms with E-state index < -0.39 is 0 Å². The van der Waals surface area contributed by atoms with Gasteiger partial charge >= 0.3 is 0 Å². The summed E-state index contributed by atoms with van der Waals surface area (Å²) in [5.41, 5.74) is 0. The molecule has 1 rings (SSSR count). The second-order valence-electron chi connectivity index (χ2n) is 4.50. The number of rotatable bonds is 2. The Morgan fingerprint density at radius 1 is 1.33 bits per heavy atom. The van der Waals surface area contributed by atoms with Gasteiger partial charge in [-0.25, -0.2) is 0 Å². The molecule has 0 aromatic rings. The van der Waals surface area contributed by atoms with E-state index in [4.69, 9.17) is 12.2 Å². The highest BCUT2D eigenvalue weighted by atomic mass is 32.1. The van der Waals surface area contributed by atoms with Crippen molar-refractivity contribution in [1.29, 1.82) is 0 Å². The molecule has 3 nitrogen and oxygen atoms in total. The van der Waals surface area contributed by atoms with E-state index in [2.05, 4.69) is 42.9 Å². The van der Waals surface area contributed by atoms with Crippen LogP contribution >= 0.6 is 12.2 Å². The molecule has 1 fully saturated rings. The van der Waals surface area contributed by atoms with E-state index in [0.717, 1.165) is 31.2 Å². The minimum atomic E-state index is 0.579. The van der Waals surface area contributed by atoms with Crippen LogP contribution in [0.5, 0.6) is 0 Å². The Morgan fingerprint density at radius 3 is 2.33 bits per heavy atom. The Morgan fingerprint density at radius 2 is 1.87 bits per heavy atom. The summed E-state index contributed by atoms with van der Waals surface area (Å²) >= 11 is 5.38. The zero-order valence-electron chi connectivity index (χ0n) is 10.3. The number of thiocarbonyl (C=S) groups is 1. The van der Waals surface area contributed by atoms with Crippen LogP contribution in [-0.4, -0.2) is 53.7 Å². The van der Waals surface area contributed by atoms with E-state index in [1.807, 2.05) is 0 Å². The normalized spacial score (nSPS) is 27.9. The number of likely N-dealkylation sites (N-methyl/N-ethyl adjacent to an activating group) is 1. The van der Waals surface area contributed by atoms with Gasteiger partial charge in [-0.3, -0.25) is 4.90 Å². The van der Waals surface area contributed by atoms with Crippen molar-refractivity contribution in [3.05, 3.63) is 0 Å². The van der Waals surface area contributed by atoms with E-state index in [1.54, 1.807) is 0 Å². The fourth-order valence-corrected chi connectivity index (χ4v) is 2.17. The number of nitrogens with zero attached hydrogens (tertiary/aromatic N) is 2. The van der Waals surface area contributed by atoms with Crippen LogP contribution in [-0.2, 0) is 0 Å². The highest BCUT2D eigenvalue weighted by Gasteiger charge is 2.27. The third kappa shape index (κ3) is 3.31. The summed E-state index contributed by atoms with van der Waals surface area (Å²) in [4.78, 5) is 4.71. The number of piperazine rings is 1. The second-order valence-corrected chi connectivity index (χ2v) is 4.89. The summed E-state index contributed by atoms with van der Waals surface area (Å²) in [6.07, 6.45) is 1.12. The maximum atomic E-state index is 5.38. The Kier molecular flexibility index (Phi) is 4.80. The lowest BCUT2D eigenvalue weighted by molar-refractivity contribution is 0.0983. The van der Waals surface area contributed by atoms with E-state index in [9.17, 15) is 0 Å². The Balaban J connectivity index is 2.46. The van der Waals surface area contributed by atoms with E-state index in [1.165, 1.54) is 0 Å². The average molecular weight is 229 g/mol. The number of hydrogen-bond donors (Lipinski definition) is 1. The second kappa shape index (κ2) is 5.66. The highest BCUT2D eigenvalue weighted by molar-refractivity contribution is 7.80. The zero-order chi connectivity index (χ0) is 11.4. The van der Waals surface area contributed by atoms with Crippen LogP contribution in [0.2, 0.25) is 0 Å². The van der Waals surface area contributed by atoms with Crippen molar-refractivity contribution in [1.82, 2.24) is 15.1 Å². The van der Waals surface area contributed by atoms with Crippen LogP contribution in [0.15, 0.2) is 0 Å². The van der Waals surface area contributed by atoms with Crippen LogP contribution in [0.4, 0.5) is 0 Å². The van der Waals surface area contributed by atoms with Crippen molar-refractivity contribution in [3.8, 4) is 0 Å². The van der Waals surface area contributed by atoms with E-state index >= 15 is 0 Å². The predicted molar refractivity (Wildman–Crippen MR) is 69.2 cm³/mol. The van der Waals surface area contributed by atoms with Gasteiger partial charge in [0.25, 0.3) is 0 Å². The summed E-state index contributed by atoms with van der Waals surface area (Å²) in [7, 11) is 2.19. The monoisotopic (exact) mass is 229 g/mol. The molecule has 0 aliphatic carbocycles. The molecule has 0 bridgehead atoms. The van der Waals surface area contributed by atoms with Gasteiger partial charge in [-0.05, 0) is 39.5 Å². The molecule has 1 aliphatic heterocycles. The third-order valence-corrected chi connectivity index (χ3v) is 3.58. The van der Waals surface area contributed by atoms with Crippen molar-refractivity contribution >= 4 is 17.3 Å². The molecule has 0 aromatic carbocycles. The molecule has 4 heteroatoms. The molecule has 2 unspecified atom stereocenters. The van der Waals surface area contributed by atoms with Gasteiger partial charge in [-0.1, -0.05) is 6.92 Å². The van der Waals surface area contributed by atoms with Crippen LogP contribution in [0.1, 0.15) is 27.2 Å². The fraction of sp³-hybridized carbons (Fsp3) is 0.909. The molecular formula is C11H23N3S. The van der Waals surface area contributed by atoms with Gasteiger partial charge in [-0.2, -0.15) is 0 Å². The molecule has 0 spiro atoms. The molecular weight excluding hydrogens is 206 g/mol. The lowest BCUT2D eigenvalue weighted by atomic mass is 10.1. The largest absolute Gasteiger partial charge is 0.363 e. The lowest BCUT2D eigenvalue weighted by Gasteiger charge is -2.43. The van der Waals surface area contributed by atoms with Gasteiger partial charge in [0.1, 0.15) is 0 Å². The van der Waals surface area contributed by atoms with Gasteiger partial charge in [0, 0.05) is 31.7 Å². The Labute approximate surface area is 98.8 Å². The molecule has 88 valence electrons. The number of hydrogen-bond acceptors (Lipinski definition) is 2. The maximum absolute atomic E-state index is 5.38. The van der Waals surface area contributed by atoms with E-state index in [-0.39, 0.29) is 0 Å². The minimum Gasteiger partial charge on any atom is -0.363 e. The molecule has 1 heterocycles. The molecule has 1 N–H and O–H groups in total. The van der Waals surface area contributed by atoms with Crippen LogP contribution in [0, 0.1) is 0 Å². The first-order valence-corrected chi connectivity index (χ1v) is 6.21. The molecule has 15 heavy (non-hydrogen) atoms. The third-order valence-electron chi connectivity index (χ3n) is 3.17. The zero-order valence-corrected chi connectivity index (χ0v) is 11.1. The van der Waals surface area contributed by atoms with Crippen molar-refractivity contribution in [2.45, 2.75) is 39.3 Å². The van der Waals surface area contributed by atoms with E-state index in [0.29, 0.717) is 12.1 Å². The molecule has 0 aromatic heterocycles. The summed E-state index contributed by atoms with van der Waals surface area (Å²) in [5.74, 6) is 0. The highest BCUT2D eigenvalue weighted by Crippen LogP contribution is 2.13. The van der Waals surface area contributed by atoms with Gasteiger partial charge in [0.2, 0.25) is 0 Å². The lowest BCUT2D eigenvalue weighted by Crippen LogP contribution is -2.58. The average Bonchev–Trinajstić information content (AvgIpc) is 2.21. The van der Waals surface area contributed by atoms with Crippen molar-refractivity contribution < 1.29 is 0 Å². The first-order chi connectivity index (χ1) is 7.06. The van der Waals surface area contributed by atoms with Crippen LogP contribution in [0.25, 0.3) is 0 Å². The molecule has 2 atom stereocenters. The first-order valence-electron chi connectivity index (χ1n) is 5.81. The van der Waals surface area contributed by atoms with Crippen molar-refractivity contribution in [3.63, 3.8) is 0 Å². The van der Waals surface area contributed by atoms with Gasteiger partial charge in [0.15, 0.2) is 5.11 Å². The Hall–Kier alpha value is -0.350. The smallest absolute Gasteiger partial charge is 0.169 e. The quantitative estimate of drug-likeness (QED) is 0.719. The van der Waals surface area contributed by atoms with Crippen LogP contribution < -0.4 is 5.32 Å². The summed E-state index contributed by atoms with van der Waals surface area (Å²) in [6, 6.07) is 1.16. The van der Waals surface area contributed by atoms with Crippen molar-refractivity contribution in [2.24, 2.45) is 0 Å². The van der Waals surface area contributed by atoms with Gasteiger partial charge in [0.05, 0.1) is 0 Å². The molecule has 0 radical (unpaired) electrons. The predicted octanol–water partition coefficient (Wildman–Crippen LogP) is 1.30. The fourth-order valence-electron chi connectivity index (χ4n) is 1.91. The Bertz CT molecular complexity index is 208. The minimum absolute atomic E-state index is 0.579. The van der Waals surface area contributed by atoms with Gasteiger partial charge in [-0.15, -0.1) is 0 Å². The SMILES string of the molecule is CCCNC(=S)N1CC(C)N(C)C(C)C1. The standard InChI is InChI=1S/C11H23N3S/c1-5-6-12-11(15)14-7-9(2)13(4)10(3)8-14/h9-10H,5-8H2,1-4H3,(H,12,15). The molecule has 0 saturated carbocycles. The molecule has 0 amide bonds. The summed E-state index contributed by atoms with van der Waals surface area (Å²) < 4.78 is 0. The molecule has 1 saturated heterocycles. The molecule has 1 aliphatic rings. The topological polar surface area (TPSA) is 18.5 Å². The summed E-state index contributed by atoms with van der Waals surface area (Å²) in [5, 5.41) is 4.22.